The highest BCUT2D eigenvalue weighted by Gasteiger charge is 2.15. The molecule has 0 unspecified atom stereocenters. The van der Waals surface area contributed by atoms with E-state index in [0.717, 1.165) is 9.35 Å². The van der Waals surface area contributed by atoms with E-state index >= 15 is 0 Å². The summed E-state index contributed by atoms with van der Waals surface area (Å²) < 4.78 is 11.6. The minimum absolute atomic E-state index is 0.0378. The van der Waals surface area contributed by atoms with Crippen LogP contribution in [0.3, 0.4) is 0 Å². The van der Waals surface area contributed by atoms with Gasteiger partial charge in [0, 0.05) is 14.9 Å². The van der Waals surface area contributed by atoms with Gasteiger partial charge in [-0.05, 0) is 71.6 Å². The van der Waals surface area contributed by atoms with E-state index < -0.39 is 17.8 Å². The number of hydrogen-bond acceptors (Lipinski definition) is 7. The zero-order chi connectivity index (χ0) is 27.6. The molecule has 0 aliphatic heterocycles. The molecular formula is C29H22BrN3O5S. The van der Waals surface area contributed by atoms with E-state index in [-0.39, 0.29) is 11.4 Å². The highest BCUT2D eigenvalue weighted by molar-refractivity contribution is 9.10. The lowest BCUT2D eigenvalue weighted by Crippen LogP contribution is -2.32. The van der Waals surface area contributed by atoms with Crippen molar-refractivity contribution in [2.24, 2.45) is 5.10 Å². The van der Waals surface area contributed by atoms with E-state index in [1.54, 1.807) is 72.8 Å². The topological polar surface area (TPSA) is 106 Å². The Labute approximate surface area is 237 Å². The third-order valence-electron chi connectivity index (χ3n) is 5.19. The Bertz CT molecular complexity index is 1540. The lowest BCUT2D eigenvalue weighted by molar-refractivity contribution is -0.117. The van der Waals surface area contributed by atoms with Crippen LogP contribution < -0.4 is 20.2 Å². The summed E-state index contributed by atoms with van der Waals surface area (Å²) in [5, 5.41) is 8.53. The van der Waals surface area contributed by atoms with E-state index in [9.17, 15) is 14.4 Å². The zero-order valence-corrected chi connectivity index (χ0v) is 23.0. The minimum atomic E-state index is -0.601. The average Bonchev–Trinajstić information content (AvgIpc) is 3.47. The van der Waals surface area contributed by atoms with Crippen molar-refractivity contribution in [2.75, 3.05) is 7.11 Å². The van der Waals surface area contributed by atoms with Gasteiger partial charge in [0.1, 0.15) is 5.70 Å². The summed E-state index contributed by atoms with van der Waals surface area (Å²) in [5.74, 6) is -1.02. The fourth-order valence-electron chi connectivity index (χ4n) is 3.31. The van der Waals surface area contributed by atoms with Crippen molar-refractivity contribution < 1.29 is 23.9 Å². The van der Waals surface area contributed by atoms with Gasteiger partial charge in [0.2, 0.25) is 0 Å². The summed E-state index contributed by atoms with van der Waals surface area (Å²) in [4.78, 5) is 38.8. The number of carbonyl (C=O) groups excluding carboxylic acids is 3. The number of methoxy groups -OCH3 is 1. The summed E-state index contributed by atoms with van der Waals surface area (Å²) >= 11 is 4.76. The van der Waals surface area contributed by atoms with Crippen LogP contribution in [0.25, 0.3) is 6.08 Å². The maximum absolute atomic E-state index is 12.9. The van der Waals surface area contributed by atoms with Crippen LogP contribution >= 0.6 is 27.3 Å². The van der Waals surface area contributed by atoms with E-state index in [4.69, 9.17) is 9.47 Å². The van der Waals surface area contributed by atoms with Crippen molar-refractivity contribution in [3.8, 4) is 11.5 Å². The number of hydrogen-bond donors (Lipinski definition) is 2. The van der Waals surface area contributed by atoms with Crippen LogP contribution in [-0.2, 0) is 4.79 Å². The Morgan fingerprint density at radius 1 is 0.897 bits per heavy atom. The predicted octanol–water partition coefficient (Wildman–Crippen LogP) is 5.66. The summed E-state index contributed by atoms with van der Waals surface area (Å²) in [5.41, 5.74) is 3.84. The standard InChI is InChI=1S/C29H22BrN3O5S/c1-37-26-15-19(12-13-25(26)38-29(36)21-9-5-10-22(30)16-21)18-31-33-28(35)24(17-23-11-6-14-39-23)32-27(34)20-7-3-2-4-8-20/h2-18H,1H3,(H,32,34)(H,33,35)/b24-17+,31-18+. The lowest BCUT2D eigenvalue weighted by atomic mass is 10.2. The monoisotopic (exact) mass is 603 g/mol. The maximum atomic E-state index is 12.9. The van der Waals surface area contributed by atoms with Crippen LogP contribution in [0, 0.1) is 0 Å². The Hall–Kier alpha value is -4.54. The molecular weight excluding hydrogens is 582 g/mol. The van der Waals surface area contributed by atoms with Gasteiger partial charge < -0.3 is 14.8 Å². The second kappa shape index (κ2) is 13.3. The molecule has 196 valence electrons. The molecule has 0 spiro atoms. The molecule has 0 fully saturated rings. The number of nitrogens with zero attached hydrogens (tertiary/aromatic N) is 1. The van der Waals surface area contributed by atoms with E-state index in [1.165, 1.54) is 24.7 Å². The van der Waals surface area contributed by atoms with Crippen LogP contribution in [0.4, 0.5) is 0 Å². The van der Waals surface area contributed by atoms with Crippen LogP contribution in [0.1, 0.15) is 31.2 Å². The number of rotatable bonds is 9. The van der Waals surface area contributed by atoms with Crippen LogP contribution in [0.2, 0.25) is 0 Å². The second-order valence-corrected chi connectivity index (χ2v) is 9.80. The van der Waals surface area contributed by atoms with Crippen LogP contribution in [0.5, 0.6) is 11.5 Å². The highest BCUT2D eigenvalue weighted by atomic mass is 79.9. The molecule has 0 radical (unpaired) electrons. The quantitative estimate of drug-likeness (QED) is 0.0844. The Morgan fingerprint density at radius 2 is 1.69 bits per heavy atom. The van der Waals surface area contributed by atoms with E-state index in [0.29, 0.717) is 22.4 Å². The van der Waals surface area contributed by atoms with Crippen LogP contribution in [-0.4, -0.2) is 31.1 Å². The normalized spacial score (nSPS) is 11.2. The number of benzene rings is 3. The van der Waals surface area contributed by atoms with Crippen molar-refractivity contribution in [3.05, 3.63) is 122 Å². The molecule has 4 rings (SSSR count). The van der Waals surface area contributed by atoms with Gasteiger partial charge in [0.15, 0.2) is 11.5 Å². The van der Waals surface area contributed by atoms with Gasteiger partial charge in [-0.1, -0.05) is 46.3 Å². The highest BCUT2D eigenvalue weighted by Crippen LogP contribution is 2.28. The van der Waals surface area contributed by atoms with E-state index in [2.05, 4.69) is 31.8 Å². The fraction of sp³-hybridized carbons (Fsp3) is 0.0345. The van der Waals surface area contributed by atoms with Gasteiger partial charge in [0.05, 0.1) is 18.9 Å². The maximum Gasteiger partial charge on any atom is 0.343 e. The molecule has 0 atom stereocenters. The number of hydrazone groups is 1. The first-order chi connectivity index (χ1) is 18.9. The van der Waals surface area contributed by atoms with Gasteiger partial charge in [-0.15, -0.1) is 11.3 Å². The van der Waals surface area contributed by atoms with Crippen molar-refractivity contribution in [2.45, 2.75) is 0 Å². The first-order valence-corrected chi connectivity index (χ1v) is 13.2. The number of esters is 1. The molecule has 0 aliphatic carbocycles. The van der Waals surface area contributed by atoms with Crippen molar-refractivity contribution >= 4 is 57.3 Å². The molecule has 3 aromatic carbocycles. The fourth-order valence-corrected chi connectivity index (χ4v) is 4.36. The summed E-state index contributed by atoms with van der Waals surface area (Å²) in [6.45, 7) is 0. The van der Waals surface area contributed by atoms with Gasteiger partial charge in [0.25, 0.3) is 11.8 Å². The van der Waals surface area contributed by atoms with E-state index in [1.807, 2.05) is 23.6 Å². The number of halogens is 1. The molecule has 2 N–H and O–H groups in total. The lowest BCUT2D eigenvalue weighted by Gasteiger charge is -2.10. The number of ether oxygens (including phenoxy) is 2. The number of thiophene rings is 1. The number of amides is 2. The molecule has 8 nitrogen and oxygen atoms in total. The third-order valence-corrected chi connectivity index (χ3v) is 6.50. The minimum Gasteiger partial charge on any atom is -0.493 e. The first kappa shape index (κ1) is 27.5. The Kier molecular flexibility index (Phi) is 9.39. The van der Waals surface area contributed by atoms with Crippen molar-refractivity contribution in [3.63, 3.8) is 0 Å². The number of nitrogens with one attached hydrogen (secondary N) is 2. The van der Waals surface area contributed by atoms with Crippen LogP contribution in [0.15, 0.2) is 106 Å². The Morgan fingerprint density at radius 3 is 2.41 bits per heavy atom. The predicted molar refractivity (Wildman–Crippen MR) is 154 cm³/mol. The van der Waals surface area contributed by atoms with Gasteiger partial charge in [-0.25, -0.2) is 10.2 Å². The van der Waals surface area contributed by atoms with Crippen molar-refractivity contribution in [1.82, 2.24) is 10.7 Å². The molecule has 39 heavy (non-hydrogen) atoms. The van der Waals surface area contributed by atoms with Gasteiger partial charge in [-0.2, -0.15) is 5.10 Å². The molecule has 1 aromatic heterocycles. The molecule has 1 heterocycles. The third kappa shape index (κ3) is 7.73. The summed E-state index contributed by atoms with van der Waals surface area (Å²) in [6.07, 6.45) is 2.98. The molecule has 10 heteroatoms. The second-order valence-electron chi connectivity index (χ2n) is 7.90. The smallest absolute Gasteiger partial charge is 0.343 e. The van der Waals surface area contributed by atoms with Crippen molar-refractivity contribution in [1.29, 1.82) is 0 Å². The Balaban J connectivity index is 1.45. The first-order valence-electron chi connectivity index (χ1n) is 11.5. The average molecular weight is 604 g/mol. The summed E-state index contributed by atoms with van der Waals surface area (Å²) in [7, 11) is 1.45. The molecule has 0 saturated heterocycles. The molecule has 2 amide bonds. The zero-order valence-electron chi connectivity index (χ0n) is 20.6. The largest absolute Gasteiger partial charge is 0.493 e. The molecule has 4 aromatic rings. The molecule has 0 bridgehead atoms. The van der Waals surface area contributed by atoms with Gasteiger partial charge >= 0.3 is 5.97 Å². The number of carbonyl (C=O) groups is 3. The summed E-state index contributed by atoms with van der Waals surface area (Å²) in [6, 6.07) is 23.9. The SMILES string of the molecule is COc1cc(/C=N/NC(=O)/C(=C\c2cccs2)NC(=O)c2ccccc2)ccc1OC(=O)c1cccc(Br)c1. The molecule has 0 aliphatic rings. The molecule has 0 saturated carbocycles. The van der Waals surface area contributed by atoms with Gasteiger partial charge in [-0.3, -0.25) is 9.59 Å².